The van der Waals surface area contributed by atoms with Crippen LogP contribution in [0.5, 0.6) is 0 Å². The molecule has 1 aliphatic heterocycles. The fraction of sp³-hybridized carbons (Fsp3) is 0.933. The van der Waals surface area contributed by atoms with Crippen molar-refractivity contribution in [2.24, 2.45) is 10.9 Å². The van der Waals surface area contributed by atoms with Gasteiger partial charge < -0.3 is 20.5 Å². The van der Waals surface area contributed by atoms with Crippen molar-refractivity contribution in [1.82, 2.24) is 15.5 Å². The molecule has 0 radical (unpaired) electrons. The van der Waals surface area contributed by atoms with Gasteiger partial charge in [0.15, 0.2) is 5.96 Å². The lowest BCUT2D eigenvalue weighted by Crippen LogP contribution is -2.48. The van der Waals surface area contributed by atoms with Gasteiger partial charge in [0.2, 0.25) is 0 Å². The monoisotopic (exact) mass is 298 g/mol. The fourth-order valence-electron chi connectivity index (χ4n) is 2.56. The zero-order valence-corrected chi connectivity index (χ0v) is 13.6. The van der Waals surface area contributed by atoms with Crippen LogP contribution in [-0.4, -0.2) is 73.5 Å². The van der Waals surface area contributed by atoms with E-state index in [-0.39, 0.29) is 0 Å². The number of rotatable bonds is 6. The predicted molar refractivity (Wildman–Crippen MR) is 84.6 cm³/mol. The van der Waals surface area contributed by atoms with Crippen LogP contribution in [0.25, 0.3) is 0 Å². The molecule has 0 aromatic rings. The van der Waals surface area contributed by atoms with E-state index < -0.39 is 5.60 Å². The van der Waals surface area contributed by atoms with E-state index in [1.807, 2.05) is 6.92 Å². The van der Waals surface area contributed by atoms with E-state index in [1.54, 1.807) is 0 Å². The summed E-state index contributed by atoms with van der Waals surface area (Å²) in [5, 5.41) is 17.2. The Labute approximate surface area is 127 Å². The average molecular weight is 298 g/mol. The van der Waals surface area contributed by atoms with Gasteiger partial charge in [-0.25, -0.2) is 0 Å². The molecule has 21 heavy (non-hydrogen) atoms. The lowest BCUT2D eigenvalue weighted by Gasteiger charge is -2.33. The number of hydrogen-bond donors (Lipinski definition) is 3. The molecule has 1 saturated carbocycles. The number of ether oxygens (including phenoxy) is 1. The van der Waals surface area contributed by atoms with Crippen molar-refractivity contribution in [3.8, 4) is 0 Å². The number of nitrogens with one attached hydrogen (secondary N) is 2. The van der Waals surface area contributed by atoms with Crippen LogP contribution < -0.4 is 10.6 Å². The summed E-state index contributed by atoms with van der Waals surface area (Å²) in [4.78, 5) is 6.79. The first kappa shape index (κ1) is 16.5. The first-order valence-electron chi connectivity index (χ1n) is 8.07. The molecule has 1 saturated heterocycles. The molecule has 0 bridgehead atoms. The summed E-state index contributed by atoms with van der Waals surface area (Å²) in [5.41, 5.74) is -0.811. The largest absolute Gasteiger partial charge is 0.387 e. The van der Waals surface area contributed by atoms with E-state index in [1.165, 1.54) is 6.42 Å². The summed E-state index contributed by atoms with van der Waals surface area (Å²) in [5.74, 6) is 1.54. The van der Waals surface area contributed by atoms with Gasteiger partial charge in [0, 0.05) is 32.2 Å². The zero-order chi connectivity index (χ0) is 15.3. The third-order valence-electron chi connectivity index (χ3n) is 4.02. The molecule has 122 valence electrons. The van der Waals surface area contributed by atoms with Crippen molar-refractivity contribution in [3.05, 3.63) is 0 Å². The van der Waals surface area contributed by atoms with Crippen LogP contribution in [0.4, 0.5) is 0 Å². The summed E-state index contributed by atoms with van der Waals surface area (Å²) >= 11 is 0. The molecule has 2 fully saturated rings. The zero-order valence-electron chi connectivity index (χ0n) is 13.6. The van der Waals surface area contributed by atoms with Crippen molar-refractivity contribution in [3.63, 3.8) is 0 Å². The number of β-amino-alcohol motifs (C(OH)–C–C–N with tert-alkyl or cyclic N) is 1. The van der Waals surface area contributed by atoms with Gasteiger partial charge in [-0.15, -0.1) is 0 Å². The second-order valence-electron chi connectivity index (χ2n) is 6.54. The third-order valence-corrected chi connectivity index (χ3v) is 4.02. The number of morpholine rings is 1. The van der Waals surface area contributed by atoms with E-state index in [0.29, 0.717) is 19.1 Å². The molecular weight excluding hydrogens is 268 g/mol. The Balaban J connectivity index is 1.82. The van der Waals surface area contributed by atoms with Crippen molar-refractivity contribution >= 4 is 5.96 Å². The molecule has 1 heterocycles. The molecule has 3 N–H and O–H groups in total. The third kappa shape index (κ3) is 5.80. The highest BCUT2D eigenvalue weighted by atomic mass is 16.5. The molecule has 6 heteroatoms. The minimum absolute atomic E-state index is 0.404. The summed E-state index contributed by atoms with van der Waals surface area (Å²) in [6.07, 6.45) is 1.20. The highest BCUT2D eigenvalue weighted by Gasteiger charge is 2.33. The van der Waals surface area contributed by atoms with Crippen LogP contribution in [0.3, 0.4) is 0 Å². The van der Waals surface area contributed by atoms with Crippen LogP contribution in [0.15, 0.2) is 4.99 Å². The lowest BCUT2D eigenvalue weighted by atomic mass is 10.1. The standard InChI is InChI=1S/C15H30N4O2/c1-4-16-14(18-13-9-12(13)2)17-10-15(3,20)11-19-5-7-21-8-6-19/h12-13,20H,4-11H2,1-3H3,(H2,16,17,18). The van der Waals surface area contributed by atoms with Gasteiger partial charge in [-0.1, -0.05) is 6.92 Å². The van der Waals surface area contributed by atoms with Crippen molar-refractivity contribution in [1.29, 1.82) is 0 Å². The Bertz CT molecular complexity index is 354. The van der Waals surface area contributed by atoms with Gasteiger partial charge in [-0.2, -0.15) is 0 Å². The quantitative estimate of drug-likeness (QED) is 0.477. The van der Waals surface area contributed by atoms with Crippen LogP contribution in [0.1, 0.15) is 27.2 Å². The van der Waals surface area contributed by atoms with Crippen molar-refractivity contribution in [2.45, 2.75) is 38.8 Å². The van der Waals surface area contributed by atoms with Crippen LogP contribution in [0.2, 0.25) is 0 Å². The molecule has 1 aliphatic carbocycles. The Morgan fingerprint density at radius 2 is 2.10 bits per heavy atom. The highest BCUT2D eigenvalue weighted by Crippen LogP contribution is 2.28. The summed E-state index contributed by atoms with van der Waals surface area (Å²) in [7, 11) is 0. The first-order chi connectivity index (χ1) is 10.00. The average Bonchev–Trinajstić information content (AvgIpc) is 3.12. The Morgan fingerprint density at radius 3 is 2.67 bits per heavy atom. The van der Waals surface area contributed by atoms with Gasteiger partial charge in [-0.3, -0.25) is 9.89 Å². The number of aliphatic imine (C=N–C) groups is 1. The molecule has 6 nitrogen and oxygen atoms in total. The molecule has 2 rings (SSSR count). The maximum Gasteiger partial charge on any atom is 0.191 e. The fourth-order valence-corrected chi connectivity index (χ4v) is 2.56. The number of guanidine groups is 1. The molecule has 0 spiro atoms. The van der Waals surface area contributed by atoms with Crippen molar-refractivity contribution < 1.29 is 9.84 Å². The maximum absolute atomic E-state index is 10.5. The molecular formula is C15H30N4O2. The summed E-state index contributed by atoms with van der Waals surface area (Å²) in [6, 6.07) is 0.534. The van der Waals surface area contributed by atoms with Crippen LogP contribution >= 0.6 is 0 Å². The molecule has 3 unspecified atom stereocenters. The molecule has 3 atom stereocenters. The van der Waals surface area contributed by atoms with Gasteiger partial charge in [0.25, 0.3) is 0 Å². The second-order valence-corrected chi connectivity index (χ2v) is 6.54. The number of nitrogens with zero attached hydrogens (tertiary/aromatic N) is 2. The van der Waals surface area contributed by atoms with Gasteiger partial charge in [0.1, 0.15) is 0 Å². The molecule has 2 aliphatic rings. The van der Waals surface area contributed by atoms with E-state index in [2.05, 4.69) is 34.4 Å². The second kappa shape index (κ2) is 7.42. The van der Waals surface area contributed by atoms with Gasteiger partial charge in [-0.05, 0) is 26.2 Å². The smallest absolute Gasteiger partial charge is 0.191 e. The maximum atomic E-state index is 10.5. The normalized spacial score (nSPS) is 29.8. The number of hydrogen-bond acceptors (Lipinski definition) is 4. The summed E-state index contributed by atoms with van der Waals surface area (Å²) in [6.45, 7) is 11.3. The molecule has 0 aromatic heterocycles. The minimum atomic E-state index is -0.811. The highest BCUT2D eigenvalue weighted by molar-refractivity contribution is 5.80. The van der Waals surface area contributed by atoms with E-state index in [4.69, 9.17) is 4.74 Å². The van der Waals surface area contributed by atoms with E-state index >= 15 is 0 Å². The minimum Gasteiger partial charge on any atom is -0.387 e. The molecule has 0 amide bonds. The van der Waals surface area contributed by atoms with Crippen molar-refractivity contribution in [2.75, 3.05) is 45.9 Å². The first-order valence-corrected chi connectivity index (χ1v) is 8.07. The Kier molecular flexibility index (Phi) is 5.84. The van der Waals surface area contributed by atoms with Crippen LogP contribution in [0, 0.1) is 5.92 Å². The summed E-state index contributed by atoms with van der Waals surface area (Å²) < 4.78 is 5.33. The van der Waals surface area contributed by atoms with Crippen LogP contribution in [-0.2, 0) is 4.74 Å². The SMILES string of the molecule is CCNC(=NCC(C)(O)CN1CCOCC1)NC1CC1C. The number of aliphatic hydroxyl groups is 1. The predicted octanol–water partition coefficient (Wildman–Crippen LogP) is 0.0331. The Hall–Kier alpha value is -0.850. The van der Waals surface area contributed by atoms with Gasteiger partial charge >= 0.3 is 0 Å². The van der Waals surface area contributed by atoms with E-state index in [0.717, 1.165) is 44.7 Å². The van der Waals surface area contributed by atoms with Gasteiger partial charge in [0.05, 0.1) is 25.4 Å². The van der Waals surface area contributed by atoms with E-state index in [9.17, 15) is 5.11 Å². The molecule has 0 aromatic carbocycles. The lowest BCUT2D eigenvalue weighted by molar-refractivity contribution is -0.0180. The topological polar surface area (TPSA) is 69.1 Å². The Morgan fingerprint density at radius 1 is 1.43 bits per heavy atom.